The number of hydrogen-bond donors (Lipinski definition) is 1. The quantitative estimate of drug-likeness (QED) is 0.571. The van der Waals surface area contributed by atoms with E-state index in [1.54, 1.807) is 29.2 Å². The van der Waals surface area contributed by atoms with Crippen LogP contribution in [0.25, 0.3) is 21.9 Å². The topological polar surface area (TPSA) is 66.3 Å². The molecule has 0 bridgehead atoms. The molecule has 28 heavy (non-hydrogen) atoms. The van der Waals surface area contributed by atoms with E-state index < -0.39 is 0 Å². The van der Waals surface area contributed by atoms with Gasteiger partial charge in [-0.3, -0.25) is 9.59 Å². The minimum absolute atomic E-state index is 0.120. The first-order chi connectivity index (χ1) is 13.7. The van der Waals surface area contributed by atoms with Crippen LogP contribution in [0.3, 0.4) is 0 Å². The summed E-state index contributed by atoms with van der Waals surface area (Å²) < 4.78 is 5.72. The molecule has 140 valence electrons. The van der Waals surface area contributed by atoms with Crippen LogP contribution in [0.15, 0.2) is 70.0 Å². The molecule has 5 rings (SSSR count). The zero-order valence-electron chi connectivity index (χ0n) is 15.4. The van der Waals surface area contributed by atoms with Gasteiger partial charge < -0.3 is 14.3 Å². The lowest BCUT2D eigenvalue weighted by molar-refractivity contribution is 0.0681. The Balaban J connectivity index is 1.35. The van der Waals surface area contributed by atoms with Crippen molar-refractivity contribution in [2.24, 2.45) is 0 Å². The molecule has 4 aromatic rings. The van der Waals surface area contributed by atoms with Gasteiger partial charge in [-0.1, -0.05) is 30.3 Å². The molecule has 1 fully saturated rings. The summed E-state index contributed by atoms with van der Waals surface area (Å²) in [4.78, 5) is 30.3. The summed E-state index contributed by atoms with van der Waals surface area (Å²) in [6, 6.07) is 16.6. The maximum Gasteiger partial charge on any atom is 0.289 e. The molecule has 1 aliphatic heterocycles. The second-order valence-corrected chi connectivity index (χ2v) is 7.33. The SMILES string of the molecule is O=C(c1cc(=O)c2ccccc2o1)N1CCC(c2c[nH]c3ccccc23)CC1. The largest absolute Gasteiger partial charge is 0.451 e. The summed E-state index contributed by atoms with van der Waals surface area (Å²) in [5.74, 6) is 0.332. The van der Waals surface area contributed by atoms with E-state index in [2.05, 4.69) is 29.4 Å². The van der Waals surface area contributed by atoms with Crippen LogP contribution in [0, 0.1) is 0 Å². The van der Waals surface area contributed by atoms with Crippen molar-refractivity contribution in [3.63, 3.8) is 0 Å². The van der Waals surface area contributed by atoms with E-state index in [-0.39, 0.29) is 17.1 Å². The minimum Gasteiger partial charge on any atom is -0.451 e. The number of H-pyrrole nitrogens is 1. The number of hydrogen-bond acceptors (Lipinski definition) is 3. The summed E-state index contributed by atoms with van der Waals surface area (Å²) in [5.41, 5.74) is 2.74. The Morgan fingerprint density at radius 3 is 2.54 bits per heavy atom. The van der Waals surface area contributed by atoms with Crippen LogP contribution in [-0.4, -0.2) is 28.9 Å². The van der Waals surface area contributed by atoms with E-state index in [0.717, 1.165) is 18.4 Å². The van der Waals surface area contributed by atoms with Crippen LogP contribution >= 0.6 is 0 Å². The third kappa shape index (κ3) is 2.80. The second-order valence-electron chi connectivity index (χ2n) is 7.33. The van der Waals surface area contributed by atoms with E-state index in [9.17, 15) is 9.59 Å². The molecular formula is C23H20N2O3. The molecule has 0 radical (unpaired) electrons. The van der Waals surface area contributed by atoms with Crippen molar-refractivity contribution in [3.8, 4) is 0 Å². The van der Waals surface area contributed by atoms with Crippen molar-refractivity contribution in [1.29, 1.82) is 0 Å². The van der Waals surface area contributed by atoms with Crippen LogP contribution < -0.4 is 5.43 Å². The Kier molecular flexibility index (Phi) is 4.01. The zero-order chi connectivity index (χ0) is 19.1. The van der Waals surface area contributed by atoms with Crippen molar-refractivity contribution >= 4 is 27.8 Å². The maximum absolute atomic E-state index is 12.9. The lowest BCUT2D eigenvalue weighted by Gasteiger charge is -2.31. The van der Waals surface area contributed by atoms with E-state index in [0.29, 0.717) is 30.0 Å². The molecular weight excluding hydrogens is 352 g/mol. The Bertz CT molecular complexity index is 1230. The summed E-state index contributed by atoms with van der Waals surface area (Å²) in [5, 5.41) is 1.75. The summed E-state index contributed by atoms with van der Waals surface area (Å²) in [6.45, 7) is 1.30. The summed E-state index contributed by atoms with van der Waals surface area (Å²) in [7, 11) is 0. The number of aromatic nitrogens is 1. The molecule has 5 nitrogen and oxygen atoms in total. The predicted octanol–water partition coefficient (Wildman–Crippen LogP) is 4.29. The van der Waals surface area contributed by atoms with Gasteiger partial charge in [0.1, 0.15) is 5.58 Å². The number of likely N-dealkylation sites (tertiary alicyclic amines) is 1. The molecule has 3 heterocycles. The van der Waals surface area contributed by atoms with Gasteiger partial charge in [-0.05, 0) is 42.5 Å². The molecule has 0 spiro atoms. The molecule has 1 aliphatic rings. The number of rotatable bonds is 2. The van der Waals surface area contributed by atoms with E-state index in [4.69, 9.17) is 4.42 Å². The van der Waals surface area contributed by atoms with E-state index in [1.165, 1.54) is 17.0 Å². The van der Waals surface area contributed by atoms with Gasteiger partial charge in [-0.15, -0.1) is 0 Å². The molecule has 0 saturated carbocycles. The highest BCUT2D eigenvalue weighted by Gasteiger charge is 2.27. The Morgan fingerprint density at radius 2 is 1.71 bits per heavy atom. The van der Waals surface area contributed by atoms with Crippen LogP contribution in [0.5, 0.6) is 0 Å². The summed E-state index contributed by atoms with van der Waals surface area (Å²) >= 11 is 0. The molecule has 0 aliphatic carbocycles. The van der Waals surface area contributed by atoms with Gasteiger partial charge in [0, 0.05) is 36.3 Å². The number of nitrogens with zero attached hydrogens (tertiary/aromatic N) is 1. The number of carbonyl (C=O) groups is 1. The molecule has 2 aromatic heterocycles. The third-order valence-electron chi connectivity index (χ3n) is 5.69. The Labute approximate surface area is 161 Å². The third-order valence-corrected chi connectivity index (χ3v) is 5.69. The van der Waals surface area contributed by atoms with E-state index >= 15 is 0 Å². The average molecular weight is 372 g/mol. The fourth-order valence-electron chi connectivity index (χ4n) is 4.19. The normalized spacial score (nSPS) is 15.4. The maximum atomic E-state index is 12.9. The minimum atomic E-state index is -0.208. The van der Waals surface area contributed by atoms with Gasteiger partial charge in [0.15, 0.2) is 11.2 Å². The van der Waals surface area contributed by atoms with Crippen LogP contribution in [0.1, 0.15) is 34.9 Å². The number of piperidine rings is 1. The van der Waals surface area contributed by atoms with Crippen LogP contribution in [-0.2, 0) is 0 Å². The molecule has 2 aromatic carbocycles. The van der Waals surface area contributed by atoms with Crippen LogP contribution in [0.4, 0.5) is 0 Å². The molecule has 0 unspecified atom stereocenters. The number of benzene rings is 2. The molecule has 0 atom stereocenters. The Hall–Kier alpha value is -3.34. The van der Waals surface area contributed by atoms with Gasteiger partial charge in [0.05, 0.1) is 5.39 Å². The number of aromatic amines is 1. The lowest BCUT2D eigenvalue weighted by atomic mass is 9.89. The first-order valence-electron chi connectivity index (χ1n) is 9.59. The van der Waals surface area contributed by atoms with Gasteiger partial charge >= 0.3 is 0 Å². The fourth-order valence-corrected chi connectivity index (χ4v) is 4.19. The Morgan fingerprint density at radius 1 is 1.00 bits per heavy atom. The van der Waals surface area contributed by atoms with Gasteiger partial charge in [0.25, 0.3) is 5.91 Å². The van der Waals surface area contributed by atoms with Gasteiger partial charge in [-0.25, -0.2) is 0 Å². The number of nitrogens with one attached hydrogen (secondary N) is 1. The smallest absolute Gasteiger partial charge is 0.289 e. The number of fused-ring (bicyclic) bond motifs is 2. The molecule has 1 amide bonds. The first kappa shape index (κ1) is 16.8. The zero-order valence-corrected chi connectivity index (χ0v) is 15.4. The highest BCUT2D eigenvalue weighted by Crippen LogP contribution is 2.33. The number of amides is 1. The fraction of sp³-hybridized carbons (Fsp3) is 0.217. The van der Waals surface area contributed by atoms with Crippen LogP contribution in [0.2, 0.25) is 0 Å². The van der Waals surface area contributed by atoms with Crippen molar-refractivity contribution in [3.05, 3.63) is 82.3 Å². The van der Waals surface area contributed by atoms with Crippen molar-refractivity contribution in [2.45, 2.75) is 18.8 Å². The summed E-state index contributed by atoms with van der Waals surface area (Å²) in [6.07, 6.45) is 3.88. The molecule has 5 heteroatoms. The average Bonchev–Trinajstić information content (AvgIpc) is 3.17. The lowest BCUT2D eigenvalue weighted by Crippen LogP contribution is -2.38. The van der Waals surface area contributed by atoms with Gasteiger partial charge in [0.2, 0.25) is 0 Å². The molecule has 1 saturated heterocycles. The number of para-hydroxylation sites is 2. The highest BCUT2D eigenvalue weighted by atomic mass is 16.3. The molecule has 1 N–H and O–H groups in total. The second kappa shape index (κ2) is 6.68. The standard InChI is InChI=1S/C23H20N2O3/c26-20-13-22(28-21-8-4-2-6-17(20)21)23(27)25-11-9-15(10-12-25)18-14-24-19-7-3-1-5-16(18)19/h1-8,13-15,24H,9-12H2. The van der Waals surface area contributed by atoms with Gasteiger partial charge in [-0.2, -0.15) is 0 Å². The predicted molar refractivity (Wildman–Crippen MR) is 109 cm³/mol. The first-order valence-corrected chi connectivity index (χ1v) is 9.59. The van der Waals surface area contributed by atoms with Crippen molar-refractivity contribution < 1.29 is 9.21 Å². The highest BCUT2D eigenvalue weighted by molar-refractivity contribution is 5.93. The monoisotopic (exact) mass is 372 g/mol. The number of carbonyl (C=O) groups excluding carboxylic acids is 1. The van der Waals surface area contributed by atoms with E-state index in [1.807, 2.05) is 6.07 Å². The van der Waals surface area contributed by atoms with Crippen molar-refractivity contribution in [2.75, 3.05) is 13.1 Å². The van der Waals surface area contributed by atoms with Crippen molar-refractivity contribution in [1.82, 2.24) is 9.88 Å².